The van der Waals surface area contributed by atoms with Crippen molar-refractivity contribution >= 4 is 50.6 Å². The van der Waals surface area contributed by atoms with Crippen LogP contribution in [0.4, 0.5) is 10.5 Å². The number of nitrogens with zero attached hydrogens (tertiary/aromatic N) is 3. The van der Waals surface area contributed by atoms with Gasteiger partial charge in [-0.25, -0.2) is 12.7 Å². The molecular weight excluding hydrogens is 528 g/mol. The summed E-state index contributed by atoms with van der Waals surface area (Å²) in [5.41, 5.74) is 1.65. The minimum Gasteiger partial charge on any atom is -0.497 e. The lowest BCUT2D eigenvalue weighted by Gasteiger charge is -2.22. The number of imide groups is 1. The molecule has 0 bridgehead atoms. The lowest BCUT2D eigenvalue weighted by Crippen LogP contribution is -2.37. The van der Waals surface area contributed by atoms with Crippen LogP contribution in [0.3, 0.4) is 0 Å². The van der Waals surface area contributed by atoms with Gasteiger partial charge in [0.1, 0.15) is 5.75 Å². The van der Waals surface area contributed by atoms with Crippen LogP contribution in [0.15, 0.2) is 52.3 Å². The fourth-order valence-electron chi connectivity index (χ4n) is 4.22. The second-order valence-electron chi connectivity index (χ2n) is 9.02. The van der Waals surface area contributed by atoms with Crippen LogP contribution in [0.2, 0.25) is 0 Å². The largest absolute Gasteiger partial charge is 0.497 e. The van der Waals surface area contributed by atoms with Gasteiger partial charge in [0.05, 0.1) is 22.5 Å². The van der Waals surface area contributed by atoms with Crippen molar-refractivity contribution in [2.45, 2.75) is 17.7 Å². The predicted molar refractivity (Wildman–Crippen MR) is 147 cm³/mol. The van der Waals surface area contributed by atoms with Gasteiger partial charge < -0.3 is 15.0 Å². The van der Waals surface area contributed by atoms with Gasteiger partial charge in [-0.15, -0.1) is 0 Å². The second-order valence-corrected chi connectivity index (χ2v) is 12.2. The Hall–Kier alpha value is -3.35. The number of rotatable bonds is 9. The first kappa shape index (κ1) is 27.7. The van der Waals surface area contributed by atoms with Crippen LogP contribution in [0, 0.1) is 0 Å². The van der Waals surface area contributed by atoms with Gasteiger partial charge in [-0.3, -0.25) is 19.3 Å². The molecule has 0 aliphatic carbocycles. The van der Waals surface area contributed by atoms with Crippen LogP contribution in [0.25, 0.3) is 6.08 Å². The molecule has 0 radical (unpaired) electrons. The number of thioether (sulfide) groups is 1. The first-order valence-electron chi connectivity index (χ1n) is 12.1. The highest BCUT2D eigenvalue weighted by atomic mass is 32.2. The lowest BCUT2D eigenvalue weighted by molar-refractivity contribution is -0.122. The van der Waals surface area contributed by atoms with Gasteiger partial charge in [0.2, 0.25) is 10.0 Å². The number of amides is 3. The maximum atomic E-state index is 13.2. The van der Waals surface area contributed by atoms with Crippen molar-refractivity contribution in [3.8, 4) is 5.75 Å². The van der Waals surface area contributed by atoms with Crippen molar-refractivity contribution in [2.24, 2.45) is 0 Å². The van der Waals surface area contributed by atoms with E-state index < -0.39 is 27.1 Å². The summed E-state index contributed by atoms with van der Waals surface area (Å²) in [6.45, 7) is 1.57. The molecule has 2 fully saturated rings. The molecule has 4 rings (SSSR count). The summed E-state index contributed by atoms with van der Waals surface area (Å²) in [7, 11) is 0.695. The van der Waals surface area contributed by atoms with Crippen LogP contribution in [0.5, 0.6) is 5.75 Å². The van der Waals surface area contributed by atoms with Gasteiger partial charge >= 0.3 is 0 Å². The minimum atomic E-state index is -3.74. The average Bonchev–Trinajstić information content (AvgIpc) is 3.53. The number of carbonyl (C=O) groups is 3. The van der Waals surface area contributed by atoms with E-state index in [1.54, 1.807) is 43.5 Å². The van der Waals surface area contributed by atoms with Crippen molar-refractivity contribution in [3.63, 3.8) is 0 Å². The molecule has 1 N–H and O–H groups in total. The third kappa shape index (κ3) is 5.87. The Morgan fingerprint density at radius 2 is 1.79 bits per heavy atom. The average molecular weight is 559 g/mol. The van der Waals surface area contributed by atoms with Crippen molar-refractivity contribution in [2.75, 3.05) is 52.3 Å². The molecule has 0 spiro atoms. The van der Waals surface area contributed by atoms with Gasteiger partial charge in [-0.05, 0) is 66.6 Å². The molecule has 202 valence electrons. The van der Waals surface area contributed by atoms with Gasteiger partial charge in [-0.1, -0.05) is 12.1 Å². The molecule has 38 heavy (non-hydrogen) atoms. The van der Waals surface area contributed by atoms with Crippen LogP contribution in [-0.2, 0) is 14.8 Å². The third-order valence-corrected chi connectivity index (χ3v) is 9.06. The van der Waals surface area contributed by atoms with E-state index in [0.717, 1.165) is 52.5 Å². The second kappa shape index (κ2) is 11.6. The number of nitrogens with one attached hydrogen (secondary N) is 1. The number of methoxy groups -OCH3 is 1. The zero-order valence-corrected chi connectivity index (χ0v) is 23.1. The molecule has 0 unspecified atom stereocenters. The van der Waals surface area contributed by atoms with E-state index in [4.69, 9.17) is 4.74 Å². The number of hydrogen-bond acceptors (Lipinski definition) is 8. The molecule has 10 nitrogen and oxygen atoms in total. The molecule has 2 heterocycles. The quantitative estimate of drug-likeness (QED) is 0.467. The molecule has 2 saturated heterocycles. The Balaban J connectivity index is 1.46. The van der Waals surface area contributed by atoms with Crippen molar-refractivity contribution < 1.29 is 27.5 Å². The predicted octanol–water partition coefficient (Wildman–Crippen LogP) is 3.01. The number of carbonyl (C=O) groups excluding carboxylic acids is 3. The fraction of sp³-hybridized carbons (Fsp3) is 0.346. The lowest BCUT2D eigenvalue weighted by atomic mass is 10.1. The van der Waals surface area contributed by atoms with E-state index in [-0.39, 0.29) is 23.5 Å². The SMILES string of the molecule is COc1ccc(/C=C2/SC(=O)N(CCNC(=O)c3cc(S(=O)(=O)N(C)C)ccc3N3CCCC3)C2=O)cc1. The number of hydrogen-bond donors (Lipinski definition) is 1. The van der Waals surface area contributed by atoms with Gasteiger partial charge in [0.25, 0.3) is 17.1 Å². The standard InChI is InChI=1S/C26H30N4O6S2/c1-28(2)38(34,35)20-10-11-22(29-13-4-5-14-29)21(17-20)24(31)27-12-15-30-25(32)23(37-26(30)33)16-18-6-8-19(36-3)9-7-18/h6-11,16-17H,4-5,12-15H2,1-3H3,(H,27,31)/b23-16+. The van der Waals surface area contributed by atoms with Crippen molar-refractivity contribution in [3.05, 3.63) is 58.5 Å². The summed E-state index contributed by atoms with van der Waals surface area (Å²) in [6.07, 6.45) is 3.62. The smallest absolute Gasteiger partial charge is 0.293 e. The van der Waals surface area contributed by atoms with Gasteiger partial charge in [-0.2, -0.15) is 0 Å². The highest BCUT2D eigenvalue weighted by molar-refractivity contribution is 8.18. The van der Waals surface area contributed by atoms with Crippen LogP contribution >= 0.6 is 11.8 Å². The molecule has 12 heteroatoms. The van der Waals surface area contributed by atoms with Crippen LogP contribution in [0.1, 0.15) is 28.8 Å². The Bertz CT molecular complexity index is 1370. The van der Waals surface area contributed by atoms with E-state index in [9.17, 15) is 22.8 Å². The summed E-state index contributed by atoms with van der Waals surface area (Å²) in [4.78, 5) is 42.0. The maximum absolute atomic E-state index is 13.2. The topological polar surface area (TPSA) is 116 Å². The highest BCUT2D eigenvalue weighted by Gasteiger charge is 2.35. The number of sulfonamides is 1. The van der Waals surface area contributed by atoms with Crippen LogP contribution in [-0.4, -0.2) is 82.1 Å². The van der Waals surface area contributed by atoms with E-state index in [1.807, 2.05) is 0 Å². The number of ether oxygens (including phenoxy) is 1. The molecule has 2 aliphatic heterocycles. The Morgan fingerprint density at radius 3 is 2.42 bits per heavy atom. The summed E-state index contributed by atoms with van der Waals surface area (Å²) in [6, 6.07) is 11.7. The zero-order valence-electron chi connectivity index (χ0n) is 21.5. The van der Waals surface area contributed by atoms with E-state index >= 15 is 0 Å². The fourth-order valence-corrected chi connectivity index (χ4v) is 6.02. The first-order valence-corrected chi connectivity index (χ1v) is 14.4. The van der Waals surface area contributed by atoms with Gasteiger partial charge in [0.15, 0.2) is 0 Å². The molecule has 2 aromatic rings. The van der Waals surface area contributed by atoms with Gasteiger partial charge in [0, 0.05) is 46.0 Å². The number of benzene rings is 2. The highest BCUT2D eigenvalue weighted by Crippen LogP contribution is 2.32. The Kier molecular flexibility index (Phi) is 8.44. The Labute approximate surface area is 226 Å². The molecule has 0 saturated carbocycles. The van der Waals surface area contributed by atoms with E-state index in [0.29, 0.717) is 16.3 Å². The van der Waals surface area contributed by atoms with E-state index in [1.165, 1.54) is 26.2 Å². The molecule has 2 aliphatic rings. The Morgan fingerprint density at radius 1 is 1.11 bits per heavy atom. The summed E-state index contributed by atoms with van der Waals surface area (Å²) in [5, 5.41) is 2.34. The molecule has 0 atom stereocenters. The van der Waals surface area contributed by atoms with Crippen LogP contribution < -0.4 is 15.0 Å². The molecule has 3 amide bonds. The van der Waals surface area contributed by atoms with Crippen molar-refractivity contribution in [1.82, 2.24) is 14.5 Å². The minimum absolute atomic E-state index is 0.00884. The normalized spacial score (nSPS) is 17.1. The van der Waals surface area contributed by atoms with E-state index in [2.05, 4.69) is 10.2 Å². The molecule has 2 aromatic carbocycles. The first-order chi connectivity index (χ1) is 18.1. The summed E-state index contributed by atoms with van der Waals surface area (Å²) < 4.78 is 31.6. The molecular formula is C26H30N4O6S2. The maximum Gasteiger partial charge on any atom is 0.293 e. The number of anilines is 1. The van der Waals surface area contributed by atoms with Crippen molar-refractivity contribution in [1.29, 1.82) is 0 Å². The third-order valence-electron chi connectivity index (χ3n) is 6.35. The molecule has 0 aromatic heterocycles. The summed E-state index contributed by atoms with van der Waals surface area (Å²) >= 11 is 0.845. The summed E-state index contributed by atoms with van der Waals surface area (Å²) in [5.74, 6) is -0.214. The zero-order chi connectivity index (χ0) is 27.4. The monoisotopic (exact) mass is 558 g/mol.